The molecule has 128 valence electrons. The third-order valence-corrected chi connectivity index (χ3v) is 4.84. The van der Waals surface area contributed by atoms with Gasteiger partial charge in [-0.15, -0.1) is 0 Å². The predicted molar refractivity (Wildman–Crippen MR) is 88.5 cm³/mol. The minimum absolute atomic E-state index is 0.104. The van der Waals surface area contributed by atoms with E-state index in [0.717, 1.165) is 12.2 Å². The summed E-state index contributed by atoms with van der Waals surface area (Å²) in [4.78, 5) is 15.1. The summed E-state index contributed by atoms with van der Waals surface area (Å²) in [6.07, 6.45) is 2.13. The lowest BCUT2D eigenvalue weighted by Crippen LogP contribution is -2.54. The summed E-state index contributed by atoms with van der Waals surface area (Å²) in [7, 11) is 0. The van der Waals surface area contributed by atoms with Gasteiger partial charge >= 0.3 is 0 Å². The molecule has 23 heavy (non-hydrogen) atoms. The van der Waals surface area contributed by atoms with Crippen LogP contribution in [-0.2, 0) is 16.0 Å². The van der Waals surface area contributed by atoms with Gasteiger partial charge in [-0.25, -0.2) is 0 Å². The van der Waals surface area contributed by atoms with E-state index < -0.39 is 0 Å². The summed E-state index contributed by atoms with van der Waals surface area (Å²) in [5.41, 5.74) is 1.57. The fourth-order valence-electron chi connectivity index (χ4n) is 3.46. The maximum Gasteiger partial charge on any atom is 0.270 e. The van der Waals surface area contributed by atoms with E-state index in [1.54, 1.807) is 0 Å². The molecule has 0 N–H and O–H groups in total. The van der Waals surface area contributed by atoms with Gasteiger partial charge in [-0.2, -0.15) is 0 Å². The third kappa shape index (κ3) is 3.04. The zero-order chi connectivity index (χ0) is 16.8. The quantitative estimate of drug-likeness (QED) is 0.799. The van der Waals surface area contributed by atoms with E-state index in [-0.39, 0.29) is 16.9 Å². The summed E-state index contributed by atoms with van der Waals surface area (Å²) in [6.45, 7) is 13.6. The lowest BCUT2D eigenvalue weighted by molar-refractivity contribution is -0.174. The maximum atomic E-state index is 13.2. The highest BCUT2D eigenvalue weighted by Crippen LogP contribution is 2.35. The van der Waals surface area contributed by atoms with E-state index in [4.69, 9.17) is 9.47 Å². The van der Waals surface area contributed by atoms with E-state index in [9.17, 15) is 4.79 Å². The van der Waals surface area contributed by atoms with Crippen molar-refractivity contribution >= 4 is 5.91 Å². The van der Waals surface area contributed by atoms with Crippen LogP contribution in [-0.4, -0.2) is 47.5 Å². The van der Waals surface area contributed by atoms with Crippen LogP contribution < -0.4 is 0 Å². The average Bonchev–Trinajstić information content (AvgIpc) is 2.84. The van der Waals surface area contributed by atoms with Gasteiger partial charge in [0.2, 0.25) is 0 Å². The van der Waals surface area contributed by atoms with Crippen LogP contribution in [0.3, 0.4) is 0 Å². The zero-order valence-electron chi connectivity index (χ0n) is 14.9. The molecule has 0 bridgehead atoms. The van der Waals surface area contributed by atoms with E-state index >= 15 is 0 Å². The highest BCUT2D eigenvalue weighted by atomic mass is 16.7. The Labute approximate surface area is 138 Å². The fourth-order valence-corrected chi connectivity index (χ4v) is 3.46. The Balaban J connectivity index is 2.07. The van der Waals surface area contributed by atoms with Gasteiger partial charge in [0, 0.05) is 24.8 Å². The van der Waals surface area contributed by atoms with Gasteiger partial charge in [0.1, 0.15) is 12.5 Å². The molecule has 1 spiro atoms. The van der Waals surface area contributed by atoms with Gasteiger partial charge in [-0.1, -0.05) is 13.8 Å². The van der Waals surface area contributed by atoms with Crippen LogP contribution in [0, 0.1) is 5.41 Å². The Bertz CT molecular complexity index is 592. The van der Waals surface area contributed by atoms with Gasteiger partial charge < -0.3 is 18.9 Å². The number of hydrogen-bond acceptors (Lipinski definition) is 3. The number of aromatic nitrogens is 1. The van der Waals surface area contributed by atoms with Crippen LogP contribution in [0.1, 0.15) is 56.6 Å². The first-order chi connectivity index (χ1) is 10.7. The molecule has 0 aliphatic carbocycles. The lowest BCUT2D eigenvalue weighted by atomic mass is 9.87. The number of fused-ring (bicyclic) bond motifs is 1. The topological polar surface area (TPSA) is 43.7 Å². The number of amides is 1. The number of rotatable bonds is 1. The molecule has 1 aromatic rings. The summed E-state index contributed by atoms with van der Waals surface area (Å²) in [5, 5.41) is 0. The average molecular weight is 320 g/mol. The highest BCUT2D eigenvalue weighted by Gasteiger charge is 2.44. The van der Waals surface area contributed by atoms with Crippen LogP contribution in [0.2, 0.25) is 0 Å². The monoisotopic (exact) mass is 320 g/mol. The molecule has 2 aliphatic heterocycles. The van der Waals surface area contributed by atoms with Crippen LogP contribution in [0.25, 0.3) is 0 Å². The van der Waals surface area contributed by atoms with Gasteiger partial charge in [0.25, 0.3) is 5.91 Å². The van der Waals surface area contributed by atoms with Crippen molar-refractivity contribution in [2.75, 3.05) is 26.6 Å². The smallest absolute Gasteiger partial charge is 0.270 e. The Kier molecular flexibility index (Phi) is 4.05. The second-order valence-electron chi connectivity index (χ2n) is 8.32. The van der Waals surface area contributed by atoms with Gasteiger partial charge in [0.05, 0.1) is 18.6 Å². The predicted octanol–water partition coefficient (Wildman–Crippen LogP) is 2.86. The number of carbonyl (C=O) groups is 1. The first-order valence-corrected chi connectivity index (χ1v) is 8.39. The fraction of sp³-hybridized carbons (Fsp3) is 0.722. The lowest BCUT2D eigenvalue weighted by Gasteiger charge is -2.43. The molecule has 3 rings (SSSR count). The molecule has 2 aliphatic rings. The summed E-state index contributed by atoms with van der Waals surface area (Å²) < 4.78 is 13.3. The van der Waals surface area contributed by atoms with Crippen molar-refractivity contribution in [3.05, 3.63) is 23.5 Å². The van der Waals surface area contributed by atoms with E-state index in [1.807, 2.05) is 4.90 Å². The normalized spacial score (nSPS) is 21.7. The molecule has 1 aromatic heterocycles. The highest BCUT2D eigenvalue weighted by molar-refractivity contribution is 5.94. The second kappa shape index (κ2) is 5.64. The molecule has 0 saturated carbocycles. The Hall–Kier alpha value is -1.33. The van der Waals surface area contributed by atoms with Crippen molar-refractivity contribution < 1.29 is 14.3 Å². The van der Waals surface area contributed by atoms with Crippen molar-refractivity contribution in [2.24, 2.45) is 5.41 Å². The zero-order valence-corrected chi connectivity index (χ0v) is 14.9. The van der Waals surface area contributed by atoms with Gasteiger partial charge in [-0.3, -0.25) is 4.79 Å². The van der Waals surface area contributed by atoms with Crippen LogP contribution in [0.15, 0.2) is 12.3 Å². The van der Waals surface area contributed by atoms with Gasteiger partial charge in [-0.05, 0) is 38.3 Å². The molecule has 0 radical (unpaired) electrons. The van der Waals surface area contributed by atoms with Crippen LogP contribution >= 0.6 is 0 Å². The van der Waals surface area contributed by atoms with Crippen molar-refractivity contribution in [1.29, 1.82) is 0 Å². The third-order valence-electron chi connectivity index (χ3n) is 4.84. The first kappa shape index (κ1) is 16.5. The van der Waals surface area contributed by atoms with E-state index in [0.29, 0.717) is 32.5 Å². The summed E-state index contributed by atoms with van der Waals surface area (Å²) >= 11 is 0. The number of hydrogen-bond donors (Lipinski definition) is 0. The minimum Gasteiger partial charge on any atom is -0.355 e. The standard InChI is InChI=1S/C18H28N2O3/c1-13(2)14-6-15-16(21)20(17(3,4)5)9-18(8-19(15)7-14)10-22-12-23-11-18/h6-7,13H,8-12H2,1-5H3. The molecule has 1 fully saturated rings. The van der Waals surface area contributed by atoms with Gasteiger partial charge in [0.15, 0.2) is 0 Å². The summed E-state index contributed by atoms with van der Waals surface area (Å²) in [6, 6.07) is 2.05. The molecule has 1 amide bonds. The Morgan fingerprint density at radius 3 is 2.39 bits per heavy atom. The molecule has 0 unspecified atom stereocenters. The first-order valence-electron chi connectivity index (χ1n) is 8.39. The number of nitrogens with zero attached hydrogens (tertiary/aromatic N) is 2. The van der Waals surface area contributed by atoms with Crippen LogP contribution in [0.5, 0.6) is 0 Å². The van der Waals surface area contributed by atoms with Crippen LogP contribution in [0.4, 0.5) is 0 Å². The van der Waals surface area contributed by atoms with Crippen molar-refractivity contribution in [1.82, 2.24) is 9.47 Å². The van der Waals surface area contributed by atoms with Crippen molar-refractivity contribution in [3.63, 3.8) is 0 Å². The van der Waals surface area contributed by atoms with Crippen molar-refractivity contribution in [3.8, 4) is 0 Å². The van der Waals surface area contributed by atoms with E-state index in [1.165, 1.54) is 5.56 Å². The number of ether oxygens (including phenoxy) is 2. The molecule has 0 aromatic carbocycles. The minimum atomic E-state index is -0.237. The number of carbonyl (C=O) groups excluding carboxylic acids is 1. The molecule has 1 saturated heterocycles. The molecular formula is C18H28N2O3. The molecule has 5 heteroatoms. The molecular weight excluding hydrogens is 292 g/mol. The molecule has 5 nitrogen and oxygen atoms in total. The molecule has 3 heterocycles. The van der Waals surface area contributed by atoms with E-state index in [2.05, 4.69) is 51.4 Å². The maximum absolute atomic E-state index is 13.2. The Morgan fingerprint density at radius 2 is 1.83 bits per heavy atom. The van der Waals surface area contributed by atoms with Crippen molar-refractivity contribution in [2.45, 2.75) is 52.6 Å². The second-order valence-corrected chi connectivity index (χ2v) is 8.32. The SMILES string of the molecule is CC(C)c1cc2n(c1)CC1(COCOC1)CN(C(C)(C)C)C2=O. The Morgan fingerprint density at radius 1 is 1.17 bits per heavy atom. The molecule has 0 atom stereocenters. The largest absolute Gasteiger partial charge is 0.355 e. The summed E-state index contributed by atoms with van der Waals surface area (Å²) in [5.74, 6) is 0.506.